The molecule has 2 bridgehead atoms. The van der Waals surface area contributed by atoms with E-state index in [1.54, 1.807) is 6.08 Å². The highest BCUT2D eigenvalue weighted by Gasteiger charge is 2.76. The van der Waals surface area contributed by atoms with E-state index >= 15 is 0 Å². The summed E-state index contributed by atoms with van der Waals surface area (Å²) >= 11 is 0. The second-order valence-corrected chi connectivity index (χ2v) is 4.58. The third-order valence-corrected chi connectivity index (χ3v) is 3.52. The minimum Gasteiger partial charge on any atom is -0.199 e. The number of hydrogen-bond donors (Lipinski definition) is 0. The maximum absolute atomic E-state index is 13.4. The summed E-state index contributed by atoms with van der Waals surface area (Å²) in [6.07, 6.45) is -3.36. The topological polar surface area (TPSA) is 0 Å². The van der Waals surface area contributed by atoms with Gasteiger partial charge in [0, 0.05) is 5.92 Å². The molecule has 1 saturated carbocycles. The summed E-state index contributed by atoms with van der Waals surface area (Å²) in [5.41, 5.74) is 0. The van der Waals surface area contributed by atoms with Crippen molar-refractivity contribution in [1.82, 2.24) is 0 Å². The van der Waals surface area contributed by atoms with Crippen LogP contribution in [-0.4, -0.2) is 18.0 Å². The lowest BCUT2D eigenvalue weighted by Crippen LogP contribution is -2.56. The van der Waals surface area contributed by atoms with Gasteiger partial charge in [0.15, 0.2) is 0 Å². The Morgan fingerprint density at radius 3 is 1.76 bits per heavy atom. The molecule has 0 nitrogen and oxygen atoms in total. The van der Waals surface area contributed by atoms with Crippen LogP contribution in [0.3, 0.4) is 0 Å². The van der Waals surface area contributed by atoms with Gasteiger partial charge in [-0.2, -0.15) is 30.7 Å². The van der Waals surface area contributed by atoms with E-state index in [9.17, 15) is 30.7 Å². The molecule has 0 aromatic heterocycles. The Bertz CT molecular complexity index is 341. The van der Waals surface area contributed by atoms with Crippen molar-refractivity contribution >= 4 is 0 Å². The molecule has 0 saturated heterocycles. The summed E-state index contributed by atoms with van der Waals surface area (Å²) in [5.74, 6) is -14.1. The van der Waals surface area contributed by atoms with Crippen molar-refractivity contribution in [2.24, 2.45) is 17.8 Å². The van der Waals surface area contributed by atoms with Crippen LogP contribution >= 0.6 is 0 Å². The molecule has 0 N–H and O–H groups in total. The molecule has 0 amide bonds. The van der Waals surface area contributed by atoms with Crippen molar-refractivity contribution in [3.05, 3.63) is 12.2 Å². The first-order valence-corrected chi connectivity index (χ1v) is 5.08. The number of allylic oxidation sites excluding steroid dienone is 2. The van der Waals surface area contributed by atoms with E-state index in [1.165, 1.54) is 6.08 Å². The second-order valence-electron chi connectivity index (χ2n) is 4.58. The molecule has 0 aromatic rings. The Kier molecular flexibility index (Phi) is 2.53. The SMILES string of the molecule is FC(F)(F)C(F)(F)C(F)(F)C1CC2C=CC1C2. The van der Waals surface area contributed by atoms with Gasteiger partial charge in [-0.25, -0.2) is 0 Å². The van der Waals surface area contributed by atoms with Gasteiger partial charge in [0.05, 0.1) is 0 Å². The van der Waals surface area contributed by atoms with Crippen molar-refractivity contribution in [2.75, 3.05) is 0 Å². The van der Waals surface area contributed by atoms with E-state index in [2.05, 4.69) is 0 Å². The summed E-state index contributed by atoms with van der Waals surface area (Å²) in [6.45, 7) is 0. The van der Waals surface area contributed by atoms with Crippen molar-refractivity contribution in [3.8, 4) is 0 Å². The van der Waals surface area contributed by atoms with Crippen molar-refractivity contribution < 1.29 is 30.7 Å². The highest BCUT2D eigenvalue weighted by Crippen LogP contribution is 2.58. The largest absolute Gasteiger partial charge is 0.459 e. The zero-order chi connectivity index (χ0) is 13.1. The van der Waals surface area contributed by atoms with E-state index in [1.807, 2.05) is 0 Å². The highest BCUT2D eigenvalue weighted by molar-refractivity contribution is 5.14. The summed E-state index contributed by atoms with van der Waals surface area (Å²) in [6, 6.07) is 0. The molecule has 0 spiro atoms. The lowest BCUT2D eigenvalue weighted by atomic mass is 9.84. The zero-order valence-corrected chi connectivity index (χ0v) is 8.45. The molecule has 3 atom stereocenters. The van der Waals surface area contributed by atoms with Crippen LogP contribution in [0.25, 0.3) is 0 Å². The van der Waals surface area contributed by atoms with Crippen LogP contribution in [0.4, 0.5) is 30.7 Å². The van der Waals surface area contributed by atoms with Gasteiger partial charge in [-0.05, 0) is 24.7 Å². The van der Waals surface area contributed by atoms with Gasteiger partial charge in [0.1, 0.15) is 0 Å². The van der Waals surface area contributed by atoms with E-state index < -0.39 is 29.9 Å². The van der Waals surface area contributed by atoms with E-state index in [0.717, 1.165) is 0 Å². The van der Waals surface area contributed by atoms with Crippen LogP contribution in [0, 0.1) is 17.8 Å². The van der Waals surface area contributed by atoms with Crippen LogP contribution in [0.5, 0.6) is 0 Å². The molecular weight excluding hydrogens is 253 g/mol. The Balaban J connectivity index is 2.28. The van der Waals surface area contributed by atoms with Crippen LogP contribution < -0.4 is 0 Å². The fourth-order valence-corrected chi connectivity index (χ4v) is 2.62. The normalized spacial score (nSPS) is 33.5. The van der Waals surface area contributed by atoms with E-state index in [0.29, 0.717) is 0 Å². The Morgan fingerprint density at radius 1 is 0.824 bits per heavy atom. The number of hydrogen-bond acceptors (Lipinski definition) is 0. The molecule has 0 heterocycles. The van der Waals surface area contributed by atoms with Gasteiger partial charge in [-0.15, -0.1) is 0 Å². The predicted octanol–water partition coefficient (Wildman–Crippen LogP) is 4.03. The standard InChI is InChI=1S/C10H9F7/c11-8(12,9(13,14)10(15,16)17)7-4-5-1-2-6(7)3-5/h1-2,5-7H,3-4H2. The molecule has 7 heteroatoms. The number of halogens is 7. The van der Waals surface area contributed by atoms with Crippen molar-refractivity contribution in [3.63, 3.8) is 0 Å². The number of fused-ring (bicyclic) bond motifs is 2. The Morgan fingerprint density at radius 2 is 1.41 bits per heavy atom. The summed E-state index contributed by atoms with van der Waals surface area (Å²) in [5, 5.41) is 0. The molecule has 0 aliphatic heterocycles. The van der Waals surface area contributed by atoms with Crippen LogP contribution in [0.15, 0.2) is 12.2 Å². The average molecular weight is 262 g/mol. The van der Waals surface area contributed by atoms with E-state index in [4.69, 9.17) is 0 Å². The maximum Gasteiger partial charge on any atom is 0.459 e. The highest BCUT2D eigenvalue weighted by atomic mass is 19.4. The molecule has 0 radical (unpaired) electrons. The third kappa shape index (κ3) is 1.65. The minimum absolute atomic E-state index is 0.244. The molecule has 0 aromatic carbocycles. The fourth-order valence-electron chi connectivity index (χ4n) is 2.62. The summed E-state index contributed by atoms with van der Waals surface area (Å²) < 4.78 is 88.2. The Labute approximate surface area is 92.5 Å². The third-order valence-electron chi connectivity index (χ3n) is 3.52. The second kappa shape index (κ2) is 3.38. The van der Waals surface area contributed by atoms with Crippen LogP contribution in [-0.2, 0) is 0 Å². The van der Waals surface area contributed by atoms with Crippen molar-refractivity contribution in [1.29, 1.82) is 0 Å². The first-order valence-electron chi connectivity index (χ1n) is 5.08. The van der Waals surface area contributed by atoms with E-state index in [-0.39, 0.29) is 18.8 Å². The van der Waals surface area contributed by atoms with Gasteiger partial charge in [-0.1, -0.05) is 12.2 Å². The quantitative estimate of drug-likeness (QED) is 0.520. The van der Waals surface area contributed by atoms with Gasteiger partial charge < -0.3 is 0 Å². The molecule has 2 rings (SSSR count). The zero-order valence-electron chi connectivity index (χ0n) is 8.45. The first-order chi connectivity index (χ1) is 7.57. The fraction of sp³-hybridized carbons (Fsp3) is 0.800. The van der Waals surface area contributed by atoms with Gasteiger partial charge in [0.2, 0.25) is 0 Å². The monoisotopic (exact) mass is 262 g/mol. The number of rotatable bonds is 2. The van der Waals surface area contributed by atoms with Gasteiger partial charge in [-0.3, -0.25) is 0 Å². The first kappa shape index (κ1) is 12.7. The average Bonchev–Trinajstić information content (AvgIpc) is 2.76. The minimum atomic E-state index is -6.22. The lowest BCUT2D eigenvalue weighted by Gasteiger charge is -2.34. The number of alkyl halides is 7. The molecule has 3 unspecified atom stereocenters. The summed E-state index contributed by atoms with van der Waals surface area (Å²) in [4.78, 5) is 0. The summed E-state index contributed by atoms with van der Waals surface area (Å²) in [7, 11) is 0. The maximum atomic E-state index is 13.4. The van der Waals surface area contributed by atoms with Crippen LogP contribution in [0.1, 0.15) is 12.8 Å². The molecule has 2 aliphatic carbocycles. The predicted molar refractivity (Wildman–Crippen MR) is 44.8 cm³/mol. The van der Waals surface area contributed by atoms with Crippen molar-refractivity contribution in [2.45, 2.75) is 30.9 Å². The lowest BCUT2D eigenvalue weighted by molar-refractivity contribution is -0.367. The molecule has 98 valence electrons. The molecular formula is C10H9F7. The Hall–Kier alpha value is -0.750. The molecule has 17 heavy (non-hydrogen) atoms. The van der Waals surface area contributed by atoms with Crippen LogP contribution in [0.2, 0.25) is 0 Å². The van der Waals surface area contributed by atoms with Gasteiger partial charge >= 0.3 is 18.0 Å². The smallest absolute Gasteiger partial charge is 0.199 e. The molecule has 1 fully saturated rings. The van der Waals surface area contributed by atoms with Gasteiger partial charge in [0.25, 0.3) is 0 Å². The molecule has 2 aliphatic rings.